The lowest BCUT2D eigenvalue weighted by atomic mass is 9.97. The summed E-state index contributed by atoms with van der Waals surface area (Å²) in [6.07, 6.45) is 8.79. The number of aliphatic hydroxyl groups is 1. The highest BCUT2D eigenvalue weighted by atomic mass is 16.3. The van der Waals surface area contributed by atoms with Crippen LogP contribution in [0, 0.1) is 0 Å². The molecule has 4 bridgehead atoms. The largest absolute Gasteiger partial charge is 0.390 e. The molecule has 2 aromatic rings. The maximum Gasteiger partial charge on any atom is 0.373 e. The molecule has 0 aliphatic carbocycles. The van der Waals surface area contributed by atoms with Crippen LogP contribution < -0.4 is 0 Å². The molecule has 0 aromatic carbocycles. The lowest BCUT2D eigenvalue weighted by Gasteiger charge is -2.31. The molecule has 1 N–H and O–H groups in total. The van der Waals surface area contributed by atoms with Gasteiger partial charge in [-0.05, 0) is 46.2 Å². The van der Waals surface area contributed by atoms with Gasteiger partial charge in [0.25, 0.3) is 0 Å². The molecule has 2 fully saturated rings. The zero-order valence-corrected chi connectivity index (χ0v) is 20.4. The lowest BCUT2D eigenvalue weighted by molar-refractivity contribution is -0.191. The van der Waals surface area contributed by atoms with Gasteiger partial charge in [-0.3, -0.25) is 19.2 Å². The van der Waals surface area contributed by atoms with Crippen LogP contribution in [-0.4, -0.2) is 66.8 Å². The molecule has 180 valence electrons. The van der Waals surface area contributed by atoms with E-state index < -0.39 is 0 Å². The first kappa shape index (κ1) is 23.8. The quantitative estimate of drug-likeness (QED) is 0.735. The molecule has 4 atom stereocenters. The molecule has 4 unspecified atom stereocenters. The Balaban J connectivity index is 0.000000141. The maximum atomic E-state index is 9.33. The molecular formula is C24H36N6O3. The Labute approximate surface area is 195 Å². The van der Waals surface area contributed by atoms with Gasteiger partial charge in [0.1, 0.15) is 0 Å². The number of rotatable bonds is 2. The van der Waals surface area contributed by atoms with E-state index >= 15 is 0 Å². The Bertz CT molecular complexity index is 961. The van der Waals surface area contributed by atoms with Crippen molar-refractivity contribution >= 4 is 6.15 Å². The normalized spacial score (nSPS) is 27.1. The number of aryl methyl sites for hydroxylation is 3. The van der Waals surface area contributed by atoms with Crippen LogP contribution >= 0.6 is 0 Å². The van der Waals surface area contributed by atoms with Gasteiger partial charge in [0.05, 0.1) is 18.0 Å². The number of likely N-dealkylation sites (N-methyl/N-ethyl adjacent to an activating group) is 2. The van der Waals surface area contributed by atoms with E-state index in [2.05, 4.69) is 52.7 Å². The van der Waals surface area contributed by atoms with Gasteiger partial charge in [0.2, 0.25) is 0 Å². The first-order valence-corrected chi connectivity index (χ1v) is 12.0. The van der Waals surface area contributed by atoms with Gasteiger partial charge in [-0.15, -0.1) is 0 Å². The van der Waals surface area contributed by atoms with Crippen LogP contribution in [0.25, 0.3) is 0 Å². The fourth-order valence-corrected chi connectivity index (χ4v) is 6.56. The predicted molar refractivity (Wildman–Crippen MR) is 121 cm³/mol. The minimum Gasteiger partial charge on any atom is -0.390 e. The Morgan fingerprint density at radius 3 is 1.67 bits per heavy atom. The molecule has 9 heteroatoms. The van der Waals surface area contributed by atoms with Crippen LogP contribution in [0.15, 0.2) is 0 Å². The highest BCUT2D eigenvalue weighted by molar-refractivity contribution is 5.35. The van der Waals surface area contributed by atoms with Crippen molar-refractivity contribution in [2.75, 3.05) is 14.1 Å². The van der Waals surface area contributed by atoms with Crippen molar-refractivity contribution < 1.29 is 14.7 Å². The first-order valence-electron chi connectivity index (χ1n) is 12.0. The predicted octanol–water partition coefficient (Wildman–Crippen LogP) is 1.69. The summed E-state index contributed by atoms with van der Waals surface area (Å²) in [5.74, 6) is 0. The van der Waals surface area contributed by atoms with E-state index in [4.69, 9.17) is 9.59 Å². The van der Waals surface area contributed by atoms with Crippen LogP contribution in [0.4, 0.5) is 0 Å². The molecule has 2 saturated heterocycles. The topological polar surface area (TPSA) is 96.5 Å². The molecule has 6 rings (SSSR count). The maximum absolute atomic E-state index is 9.33. The first-order chi connectivity index (χ1) is 15.9. The van der Waals surface area contributed by atoms with E-state index in [0.717, 1.165) is 24.6 Å². The summed E-state index contributed by atoms with van der Waals surface area (Å²) in [5, 5.41) is 18.4. The summed E-state index contributed by atoms with van der Waals surface area (Å²) in [5.41, 5.74) is 7.89. The Morgan fingerprint density at radius 2 is 1.24 bits per heavy atom. The molecule has 4 aliphatic heterocycles. The van der Waals surface area contributed by atoms with E-state index in [0.29, 0.717) is 18.1 Å². The molecule has 2 aromatic heterocycles. The number of fused-ring (bicyclic) bond motifs is 8. The Kier molecular flexibility index (Phi) is 6.86. The van der Waals surface area contributed by atoms with Gasteiger partial charge in [-0.25, -0.2) is 0 Å². The molecule has 0 radical (unpaired) electrons. The third kappa shape index (κ3) is 3.97. The summed E-state index contributed by atoms with van der Waals surface area (Å²) in [4.78, 5) is 21.3. The monoisotopic (exact) mass is 456 g/mol. The number of hydrogen-bond donors (Lipinski definition) is 1. The van der Waals surface area contributed by atoms with E-state index in [9.17, 15) is 5.11 Å². The average molecular weight is 457 g/mol. The van der Waals surface area contributed by atoms with Crippen LogP contribution in [0.2, 0.25) is 0 Å². The van der Waals surface area contributed by atoms with Crippen LogP contribution in [0.5, 0.6) is 0 Å². The van der Waals surface area contributed by atoms with Crippen molar-refractivity contribution in [1.29, 1.82) is 0 Å². The van der Waals surface area contributed by atoms with E-state index in [1.807, 2.05) is 11.7 Å². The summed E-state index contributed by atoms with van der Waals surface area (Å²) in [6, 6.07) is 2.60. The molecule has 0 spiro atoms. The smallest absolute Gasteiger partial charge is 0.373 e. The second-order valence-electron chi connectivity index (χ2n) is 9.69. The summed E-state index contributed by atoms with van der Waals surface area (Å²) in [7, 11) is 8.56. The minimum atomic E-state index is 0.0676. The van der Waals surface area contributed by atoms with Crippen molar-refractivity contribution in [3.05, 3.63) is 33.9 Å². The Morgan fingerprint density at radius 1 is 0.818 bits per heavy atom. The Hall–Kier alpha value is -2.32. The van der Waals surface area contributed by atoms with Crippen molar-refractivity contribution in [2.45, 2.75) is 82.6 Å². The lowest BCUT2D eigenvalue weighted by Crippen LogP contribution is -2.34. The fraction of sp³-hybridized carbons (Fsp3) is 0.708. The van der Waals surface area contributed by atoms with Crippen LogP contribution in [0.3, 0.4) is 0 Å². The van der Waals surface area contributed by atoms with Gasteiger partial charge in [0.15, 0.2) is 0 Å². The highest BCUT2D eigenvalue weighted by Crippen LogP contribution is 2.44. The molecule has 0 saturated carbocycles. The molecule has 6 heterocycles. The molecule has 9 nitrogen and oxygen atoms in total. The third-order valence-electron chi connectivity index (χ3n) is 8.26. The average Bonchev–Trinajstić information content (AvgIpc) is 3.43. The number of aromatic nitrogens is 4. The van der Waals surface area contributed by atoms with E-state index in [1.54, 1.807) is 5.56 Å². The fourth-order valence-electron chi connectivity index (χ4n) is 6.56. The minimum absolute atomic E-state index is 0.0676. The van der Waals surface area contributed by atoms with Crippen LogP contribution in [0.1, 0.15) is 78.6 Å². The number of aliphatic hydroxyl groups excluding tert-OH is 1. The van der Waals surface area contributed by atoms with Crippen LogP contribution in [-0.2, 0) is 49.6 Å². The van der Waals surface area contributed by atoms with Crippen molar-refractivity contribution in [1.82, 2.24) is 29.4 Å². The van der Waals surface area contributed by atoms with Crippen molar-refractivity contribution in [3.63, 3.8) is 0 Å². The zero-order valence-electron chi connectivity index (χ0n) is 20.4. The molecule has 33 heavy (non-hydrogen) atoms. The van der Waals surface area contributed by atoms with Gasteiger partial charge >= 0.3 is 6.15 Å². The number of hydrogen-bond acceptors (Lipinski definition) is 7. The second kappa shape index (κ2) is 9.50. The summed E-state index contributed by atoms with van der Waals surface area (Å²) >= 11 is 0. The van der Waals surface area contributed by atoms with E-state index in [-0.39, 0.29) is 12.8 Å². The molecule has 0 amide bonds. The molecule has 4 aliphatic rings. The summed E-state index contributed by atoms with van der Waals surface area (Å²) in [6.45, 7) is 2.28. The van der Waals surface area contributed by atoms with Gasteiger partial charge in [0, 0.05) is 73.6 Å². The van der Waals surface area contributed by atoms with Crippen molar-refractivity contribution in [2.24, 2.45) is 14.1 Å². The van der Waals surface area contributed by atoms with Gasteiger partial charge in [-0.1, -0.05) is 6.92 Å². The van der Waals surface area contributed by atoms with Crippen molar-refractivity contribution in [3.8, 4) is 0 Å². The van der Waals surface area contributed by atoms with Gasteiger partial charge in [-0.2, -0.15) is 19.8 Å². The molecular weight excluding hydrogens is 420 g/mol. The van der Waals surface area contributed by atoms with E-state index in [1.165, 1.54) is 54.7 Å². The van der Waals surface area contributed by atoms with Gasteiger partial charge < -0.3 is 5.11 Å². The number of nitrogens with zero attached hydrogens (tertiary/aromatic N) is 6. The SMILES string of the molecule is CCc1nn(C)c2c1C1CCC(C2)N1C.CN1C2CCC1c1c(CO)nn(C)c1C2.O=C=O. The number of carbonyl (C=O) groups excluding carboxylic acids is 2. The standard InChI is InChI=1S/C12H19N3.C11H17N3O.CO2/c1-4-9-12-10-6-5-8(14(10)2)7-11(12)15(3)13-9;1-13-7-3-4-9(13)11-8(6-15)12-14(2)10(11)5-7;2-1-3/h8,10H,4-7H2,1-3H3;7,9,15H,3-6H2,1-2H3;. The highest BCUT2D eigenvalue weighted by Gasteiger charge is 2.41. The third-order valence-corrected chi connectivity index (χ3v) is 8.26. The summed E-state index contributed by atoms with van der Waals surface area (Å²) < 4.78 is 4.08. The zero-order chi connectivity index (χ0) is 23.9. The second-order valence-corrected chi connectivity index (χ2v) is 9.69.